The van der Waals surface area contributed by atoms with E-state index in [0.29, 0.717) is 22.7 Å². The molecule has 1 aliphatic rings. The molecule has 0 aromatic heterocycles. The van der Waals surface area contributed by atoms with Gasteiger partial charge >= 0.3 is 6.03 Å². The number of nitrogens with one attached hydrogen (secondary N) is 3. The minimum Gasteiger partial charge on any atom is -0.495 e. The standard InChI is InChI=1S/C22H28N4O3/c1-15(2)23-21(27)17-14-16(10-11-19(17)26-12-6-7-13-26)24-22(28)25-18-8-4-5-9-20(18)29-3/h4-5,8-11,14-15H,6-7,12-13H2,1-3H3,(H,23,27)(H2,24,25,28). The molecule has 0 atom stereocenters. The highest BCUT2D eigenvalue weighted by Gasteiger charge is 2.21. The molecule has 0 aliphatic carbocycles. The summed E-state index contributed by atoms with van der Waals surface area (Å²) in [5.74, 6) is 0.430. The number of amides is 3. The lowest BCUT2D eigenvalue weighted by molar-refractivity contribution is 0.0943. The molecule has 3 rings (SSSR count). The van der Waals surface area contributed by atoms with Crippen LogP contribution in [-0.4, -0.2) is 38.2 Å². The zero-order valence-electron chi connectivity index (χ0n) is 17.1. The van der Waals surface area contributed by atoms with E-state index in [1.807, 2.05) is 38.1 Å². The van der Waals surface area contributed by atoms with Crippen LogP contribution in [0, 0.1) is 0 Å². The van der Waals surface area contributed by atoms with E-state index in [9.17, 15) is 9.59 Å². The highest BCUT2D eigenvalue weighted by Crippen LogP contribution is 2.28. The first-order valence-corrected chi connectivity index (χ1v) is 9.89. The molecule has 0 radical (unpaired) electrons. The summed E-state index contributed by atoms with van der Waals surface area (Å²) in [4.78, 5) is 27.4. The smallest absolute Gasteiger partial charge is 0.323 e. The van der Waals surface area contributed by atoms with Gasteiger partial charge in [-0.25, -0.2) is 4.79 Å². The van der Waals surface area contributed by atoms with Gasteiger partial charge in [-0.15, -0.1) is 0 Å². The molecule has 1 saturated heterocycles. The summed E-state index contributed by atoms with van der Waals surface area (Å²) in [6.07, 6.45) is 2.24. The van der Waals surface area contributed by atoms with Gasteiger partial charge in [0.05, 0.1) is 18.4 Å². The van der Waals surface area contributed by atoms with E-state index >= 15 is 0 Å². The fourth-order valence-electron chi connectivity index (χ4n) is 3.40. The maximum absolute atomic E-state index is 12.8. The maximum Gasteiger partial charge on any atom is 0.323 e. The lowest BCUT2D eigenvalue weighted by Gasteiger charge is -2.22. The summed E-state index contributed by atoms with van der Waals surface area (Å²) in [6.45, 7) is 5.72. The summed E-state index contributed by atoms with van der Waals surface area (Å²) in [6, 6.07) is 12.3. The highest BCUT2D eigenvalue weighted by molar-refractivity contribution is 6.04. The predicted octanol–water partition coefficient (Wildman–Crippen LogP) is 4.08. The fourth-order valence-corrected chi connectivity index (χ4v) is 3.40. The number of nitrogens with zero attached hydrogens (tertiary/aromatic N) is 1. The Balaban J connectivity index is 1.80. The van der Waals surface area contributed by atoms with E-state index in [0.717, 1.165) is 31.6 Å². The van der Waals surface area contributed by atoms with Gasteiger partial charge in [-0.1, -0.05) is 12.1 Å². The molecule has 3 N–H and O–H groups in total. The van der Waals surface area contributed by atoms with Gasteiger partial charge in [0.25, 0.3) is 5.91 Å². The van der Waals surface area contributed by atoms with Crippen molar-refractivity contribution in [1.82, 2.24) is 5.32 Å². The zero-order valence-corrected chi connectivity index (χ0v) is 17.1. The molecular weight excluding hydrogens is 368 g/mol. The van der Waals surface area contributed by atoms with Crippen molar-refractivity contribution >= 4 is 29.0 Å². The van der Waals surface area contributed by atoms with Gasteiger partial charge < -0.3 is 25.6 Å². The number of hydrogen-bond acceptors (Lipinski definition) is 4. The number of carbonyl (C=O) groups excluding carboxylic acids is 2. The molecular formula is C22H28N4O3. The van der Waals surface area contributed by atoms with Crippen molar-refractivity contribution < 1.29 is 14.3 Å². The minimum atomic E-state index is -0.404. The van der Waals surface area contributed by atoms with Crippen LogP contribution in [0.4, 0.5) is 21.9 Å². The Morgan fingerprint density at radius 2 is 1.76 bits per heavy atom. The lowest BCUT2D eigenvalue weighted by Crippen LogP contribution is -2.32. The van der Waals surface area contributed by atoms with Crippen molar-refractivity contribution in [3.8, 4) is 5.75 Å². The van der Waals surface area contributed by atoms with Crippen LogP contribution in [0.3, 0.4) is 0 Å². The number of benzene rings is 2. The zero-order chi connectivity index (χ0) is 20.8. The van der Waals surface area contributed by atoms with E-state index in [4.69, 9.17) is 4.74 Å². The van der Waals surface area contributed by atoms with Crippen LogP contribution in [0.15, 0.2) is 42.5 Å². The molecule has 1 heterocycles. The van der Waals surface area contributed by atoms with Crippen molar-refractivity contribution in [3.05, 3.63) is 48.0 Å². The van der Waals surface area contributed by atoms with Crippen LogP contribution in [-0.2, 0) is 0 Å². The van der Waals surface area contributed by atoms with Crippen LogP contribution in [0.5, 0.6) is 5.75 Å². The second kappa shape index (κ2) is 9.32. The van der Waals surface area contributed by atoms with E-state index in [2.05, 4.69) is 20.9 Å². The third kappa shape index (κ3) is 5.19. The molecule has 0 saturated carbocycles. The van der Waals surface area contributed by atoms with Gasteiger partial charge in [-0.3, -0.25) is 4.79 Å². The molecule has 0 bridgehead atoms. The van der Waals surface area contributed by atoms with Crippen molar-refractivity contribution in [1.29, 1.82) is 0 Å². The van der Waals surface area contributed by atoms with E-state index in [-0.39, 0.29) is 11.9 Å². The topological polar surface area (TPSA) is 82.7 Å². The van der Waals surface area contributed by atoms with Crippen molar-refractivity contribution in [2.45, 2.75) is 32.7 Å². The summed E-state index contributed by atoms with van der Waals surface area (Å²) in [5.41, 5.74) is 2.58. The van der Waals surface area contributed by atoms with Crippen molar-refractivity contribution in [3.63, 3.8) is 0 Å². The number of urea groups is 1. The molecule has 2 aromatic rings. The largest absolute Gasteiger partial charge is 0.495 e. The van der Waals surface area contributed by atoms with Crippen LogP contribution in [0.2, 0.25) is 0 Å². The van der Waals surface area contributed by atoms with Gasteiger partial charge in [-0.05, 0) is 57.0 Å². The van der Waals surface area contributed by atoms with Gasteiger partial charge in [0.15, 0.2) is 0 Å². The molecule has 3 amide bonds. The minimum absolute atomic E-state index is 0.0272. The molecule has 1 fully saturated rings. The lowest BCUT2D eigenvalue weighted by atomic mass is 10.1. The summed E-state index contributed by atoms with van der Waals surface area (Å²) in [7, 11) is 1.55. The van der Waals surface area contributed by atoms with Crippen LogP contribution in [0.1, 0.15) is 37.0 Å². The molecule has 1 aliphatic heterocycles. The maximum atomic E-state index is 12.8. The van der Waals surface area contributed by atoms with Gasteiger partial charge in [-0.2, -0.15) is 0 Å². The number of rotatable bonds is 6. The molecule has 0 spiro atoms. The van der Waals surface area contributed by atoms with E-state index in [1.165, 1.54) is 0 Å². The Hall–Kier alpha value is -3.22. The third-order valence-electron chi connectivity index (χ3n) is 4.72. The van der Waals surface area contributed by atoms with Gasteiger partial charge in [0.1, 0.15) is 5.75 Å². The molecule has 0 unspecified atom stereocenters. The third-order valence-corrected chi connectivity index (χ3v) is 4.72. The molecule has 2 aromatic carbocycles. The van der Waals surface area contributed by atoms with E-state index < -0.39 is 6.03 Å². The fraction of sp³-hybridized carbons (Fsp3) is 0.364. The van der Waals surface area contributed by atoms with E-state index in [1.54, 1.807) is 25.3 Å². The van der Waals surface area contributed by atoms with Gasteiger partial charge in [0, 0.05) is 30.5 Å². The monoisotopic (exact) mass is 396 g/mol. The van der Waals surface area contributed by atoms with Crippen LogP contribution < -0.4 is 25.6 Å². The van der Waals surface area contributed by atoms with Crippen molar-refractivity contribution in [2.24, 2.45) is 0 Å². The Morgan fingerprint density at radius 1 is 1.03 bits per heavy atom. The first-order chi connectivity index (χ1) is 14.0. The first kappa shape index (κ1) is 20.5. The average Bonchev–Trinajstić information content (AvgIpc) is 3.22. The Kier molecular flexibility index (Phi) is 6.59. The molecule has 29 heavy (non-hydrogen) atoms. The summed E-state index contributed by atoms with van der Waals surface area (Å²) in [5, 5.41) is 8.53. The summed E-state index contributed by atoms with van der Waals surface area (Å²) < 4.78 is 5.26. The molecule has 7 nitrogen and oxygen atoms in total. The average molecular weight is 396 g/mol. The molecule has 154 valence electrons. The normalized spacial score (nSPS) is 13.3. The van der Waals surface area contributed by atoms with Crippen molar-refractivity contribution in [2.75, 3.05) is 35.7 Å². The quantitative estimate of drug-likeness (QED) is 0.687. The second-order valence-corrected chi connectivity index (χ2v) is 7.33. The first-order valence-electron chi connectivity index (χ1n) is 9.89. The van der Waals surface area contributed by atoms with Crippen LogP contribution in [0.25, 0.3) is 0 Å². The number of para-hydroxylation sites is 2. The number of hydrogen-bond donors (Lipinski definition) is 3. The Bertz CT molecular complexity index is 876. The predicted molar refractivity (Wildman–Crippen MR) is 116 cm³/mol. The van der Waals surface area contributed by atoms with Gasteiger partial charge in [0.2, 0.25) is 0 Å². The second-order valence-electron chi connectivity index (χ2n) is 7.33. The SMILES string of the molecule is COc1ccccc1NC(=O)Nc1ccc(N2CCCC2)c(C(=O)NC(C)C)c1. The number of anilines is 3. The number of carbonyl (C=O) groups is 2. The Morgan fingerprint density at radius 3 is 2.45 bits per heavy atom. The molecule has 7 heteroatoms. The Labute approximate surface area is 171 Å². The number of ether oxygens (including phenoxy) is 1. The number of methoxy groups -OCH3 is 1. The van der Waals surface area contributed by atoms with Crippen LogP contribution >= 0.6 is 0 Å². The summed E-state index contributed by atoms with van der Waals surface area (Å²) >= 11 is 0. The highest BCUT2D eigenvalue weighted by atomic mass is 16.5.